The van der Waals surface area contributed by atoms with Crippen molar-refractivity contribution in [2.24, 2.45) is 23.2 Å². The first kappa shape index (κ1) is 21.0. The van der Waals surface area contributed by atoms with E-state index in [2.05, 4.69) is 61.8 Å². The highest BCUT2D eigenvalue weighted by Gasteiger charge is 2.78. The lowest BCUT2D eigenvalue weighted by molar-refractivity contribution is -0.146. The summed E-state index contributed by atoms with van der Waals surface area (Å²) in [6.07, 6.45) is 4.98. The minimum atomic E-state index is -0.0410. The second-order valence-corrected chi connectivity index (χ2v) is 11.7. The van der Waals surface area contributed by atoms with E-state index in [1.165, 1.54) is 30.5 Å². The van der Waals surface area contributed by atoms with Crippen molar-refractivity contribution in [3.05, 3.63) is 29.8 Å². The average Bonchev–Trinajstić information content (AvgIpc) is 3.43. The van der Waals surface area contributed by atoms with Crippen LogP contribution in [-0.2, 0) is 14.3 Å². The number of benzene rings is 1. The number of anilines is 1. The molecule has 1 spiro atoms. The van der Waals surface area contributed by atoms with Gasteiger partial charge in [-0.3, -0.25) is 9.69 Å². The number of hydrogen-bond acceptors (Lipinski definition) is 5. The molecule has 3 saturated heterocycles. The van der Waals surface area contributed by atoms with Crippen LogP contribution in [0.3, 0.4) is 0 Å². The smallest absolute Gasteiger partial charge is 0.311 e. The summed E-state index contributed by atoms with van der Waals surface area (Å²) in [4.78, 5) is 18.1. The lowest BCUT2D eigenvalue weighted by atomic mass is 9.53. The van der Waals surface area contributed by atoms with Gasteiger partial charge in [-0.05, 0) is 56.7 Å². The number of epoxide rings is 1. The predicted octanol–water partition coefficient (Wildman–Crippen LogP) is 4.03. The number of carbonyl (C=O) groups is 1. The molecule has 2 saturated carbocycles. The lowest BCUT2D eigenvalue weighted by Gasteiger charge is -2.49. The molecule has 0 bridgehead atoms. The highest BCUT2D eigenvalue weighted by atomic mass is 16.6. The lowest BCUT2D eigenvalue weighted by Crippen LogP contribution is -2.56. The van der Waals surface area contributed by atoms with Crippen LogP contribution in [0, 0.1) is 30.1 Å². The van der Waals surface area contributed by atoms with Gasteiger partial charge in [-0.1, -0.05) is 32.4 Å². The molecule has 0 aromatic heterocycles. The molecule has 5 aliphatic rings. The van der Waals surface area contributed by atoms with Crippen LogP contribution in [0.1, 0.15) is 52.0 Å². The van der Waals surface area contributed by atoms with E-state index in [9.17, 15) is 4.79 Å². The molecule has 3 heterocycles. The first-order valence-corrected chi connectivity index (χ1v) is 12.8. The molecule has 8 atom stereocenters. The van der Waals surface area contributed by atoms with Crippen molar-refractivity contribution in [3.8, 4) is 0 Å². The van der Waals surface area contributed by atoms with E-state index in [1.807, 2.05) is 0 Å². The Morgan fingerprint density at radius 2 is 2.06 bits per heavy atom. The molecule has 0 amide bonds. The maximum absolute atomic E-state index is 13.1. The molecule has 0 unspecified atom stereocenters. The number of aryl methyl sites for hydroxylation is 1. The van der Waals surface area contributed by atoms with Crippen LogP contribution in [0.15, 0.2) is 24.3 Å². The Bertz CT molecular complexity index is 920. The number of hydrogen-bond donors (Lipinski definition) is 0. The largest absolute Gasteiger partial charge is 0.462 e. The van der Waals surface area contributed by atoms with Gasteiger partial charge in [-0.25, -0.2) is 0 Å². The normalized spacial score (nSPS) is 45.6. The monoisotopic (exact) mass is 438 g/mol. The molecule has 32 heavy (non-hydrogen) atoms. The fourth-order valence-corrected chi connectivity index (χ4v) is 8.11. The molecule has 1 aromatic carbocycles. The third kappa shape index (κ3) is 2.93. The summed E-state index contributed by atoms with van der Waals surface area (Å²) in [5.74, 6) is 0.803. The van der Waals surface area contributed by atoms with E-state index in [-0.39, 0.29) is 41.0 Å². The Hall–Kier alpha value is -1.59. The summed E-state index contributed by atoms with van der Waals surface area (Å²) < 4.78 is 12.7. The minimum absolute atomic E-state index is 0.00416. The Morgan fingerprint density at radius 3 is 2.84 bits per heavy atom. The molecule has 2 aliphatic carbocycles. The summed E-state index contributed by atoms with van der Waals surface area (Å²) in [6.45, 7) is 13.0. The first-order valence-electron chi connectivity index (χ1n) is 12.8. The van der Waals surface area contributed by atoms with Gasteiger partial charge >= 0.3 is 5.97 Å². The fourth-order valence-electron chi connectivity index (χ4n) is 8.11. The van der Waals surface area contributed by atoms with Crippen molar-refractivity contribution in [1.29, 1.82) is 0 Å². The molecule has 5 heteroatoms. The van der Waals surface area contributed by atoms with Crippen molar-refractivity contribution in [3.63, 3.8) is 0 Å². The molecule has 5 fully saturated rings. The number of rotatable bonds is 3. The van der Waals surface area contributed by atoms with Crippen molar-refractivity contribution >= 4 is 11.7 Å². The topological polar surface area (TPSA) is 45.3 Å². The number of nitrogens with zero attached hydrogens (tertiary/aromatic N) is 2. The number of ether oxygens (including phenoxy) is 2. The average molecular weight is 439 g/mol. The molecular weight excluding hydrogens is 400 g/mol. The van der Waals surface area contributed by atoms with E-state index in [1.54, 1.807) is 0 Å². The second kappa shape index (κ2) is 7.20. The SMILES string of the molecule is Cc1cccc(N2CCN(C[C@@H]3C(=O)O[C@@H]4C[C@@]5(C)CCC[C@H](C)[C@@]56O[C@H]6[C@H]34)C[C@@H]2C)c1. The van der Waals surface area contributed by atoms with Crippen molar-refractivity contribution in [2.45, 2.75) is 77.2 Å². The van der Waals surface area contributed by atoms with Gasteiger partial charge in [-0.2, -0.15) is 0 Å². The zero-order valence-corrected chi connectivity index (χ0v) is 20.0. The van der Waals surface area contributed by atoms with E-state index in [0.29, 0.717) is 12.0 Å². The summed E-state index contributed by atoms with van der Waals surface area (Å²) in [5.41, 5.74) is 2.77. The molecule has 1 aromatic rings. The van der Waals surface area contributed by atoms with Gasteiger partial charge in [0.1, 0.15) is 11.7 Å². The number of piperazine rings is 1. The molecular formula is C27H38N2O3. The standard InChI is InChI=1S/C27H38N2O3/c1-17-7-5-9-20(13-17)29-12-11-28(15-19(29)3)16-21-23-22(31-25(21)30)14-26(4)10-6-8-18(2)27(26)24(23)32-27/h5,7,9,13,18-19,21-24H,6,8,10-12,14-16H2,1-4H3/t18-,19-,21-,22+,23+,24-,26+,27-/m0/s1. The molecule has 6 rings (SSSR count). The highest BCUT2D eigenvalue weighted by molar-refractivity contribution is 5.76. The van der Waals surface area contributed by atoms with Gasteiger partial charge in [0.2, 0.25) is 0 Å². The maximum Gasteiger partial charge on any atom is 0.311 e. The second-order valence-electron chi connectivity index (χ2n) is 11.7. The van der Waals surface area contributed by atoms with Gasteiger partial charge in [-0.15, -0.1) is 0 Å². The van der Waals surface area contributed by atoms with E-state index < -0.39 is 0 Å². The Morgan fingerprint density at radius 1 is 1.22 bits per heavy atom. The highest BCUT2D eigenvalue weighted by Crippen LogP contribution is 2.70. The molecule has 0 N–H and O–H groups in total. The van der Waals surface area contributed by atoms with Crippen LogP contribution in [0.2, 0.25) is 0 Å². The Kier molecular flexibility index (Phi) is 4.72. The summed E-state index contributed by atoms with van der Waals surface area (Å²) in [6, 6.07) is 9.22. The first-order chi connectivity index (χ1) is 15.3. The van der Waals surface area contributed by atoms with E-state index >= 15 is 0 Å². The zero-order chi connectivity index (χ0) is 22.3. The number of fused-ring (bicyclic) bond motifs is 2. The molecule has 0 radical (unpaired) electrons. The molecule has 5 nitrogen and oxygen atoms in total. The van der Waals surface area contributed by atoms with Crippen molar-refractivity contribution in [2.75, 3.05) is 31.1 Å². The predicted molar refractivity (Wildman–Crippen MR) is 125 cm³/mol. The van der Waals surface area contributed by atoms with Crippen LogP contribution in [0.25, 0.3) is 0 Å². The third-order valence-electron chi connectivity index (χ3n) is 9.69. The third-order valence-corrected chi connectivity index (χ3v) is 9.69. The van der Waals surface area contributed by atoms with Gasteiger partial charge in [0.25, 0.3) is 0 Å². The Labute approximate surface area is 192 Å². The number of esters is 1. The van der Waals surface area contributed by atoms with Gasteiger partial charge in [0.15, 0.2) is 0 Å². The minimum Gasteiger partial charge on any atom is -0.462 e. The van der Waals surface area contributed by atoms with Crippen LogP contribution >= 0.6 is 0 Å². The van der Waals surface area contributed by atoms with Gasteiger partial charge < -0.3 is 14.4 Å². The van der Waals surface area contributed by atoms with Crippen molar-refractivity contribution < 1.29 is 14.3 Å². The zero-order valence-electron chi connectivity index (χ0n) is 20.0. The van der Waals surface area contributed by atoms with Crippen LogP contribution in [0.4, 0.5) is 5.69 Å². The Balaban J connectivity index is 1.16. The molecule has 174 valence electrons. The van der Waals surface area contributed by atoms with Crippen LogP contribution in [0.5, 0.6) is 0 Å². The van der Waals surface area contributed by atoms with Crippen molar-refractivity contribution in [1.82, 2.24) is 4.90 Å². The summed E-state index contributed by atoms with van der Waals surface area (Å²) in [7, 11) is 0. The number of carbonyl (C=O) groups excluding carboxylic acids is 1. The van der Waals surface area contributed by atoms with E-state index in [0.717, 1.165) is 32.6 Å². The fraction of sp³-hybridized carbons (Fsp3) is 0.741. The van der Waals surface area contributed by atoms with Crippen LogP contribution < -0.4 is 4.90 Å². The summed E-state index contributed by atoms with van der Waals surface area (Å²) >= 11 is 0. The maximum atomic E-state index is 13.1. The summed E-state index contributed by atoms with van der Waals surface area (Å²) in [5, 5.41) is 0. The van der Waals surface area contributed by atoms with Crippen LogP contribution in [-0.4, -0.2) is 60.9 Å². The quantitative estimate of drug-likeness (QED) is 0.527. The van der Waals surface area contributed by atoms with Gasteiger partial charge in [0.05, 0.1) is 12.0 Å². The molecule has 3 aliphatic heterocycles. The van der Waals surface area contributed by atoms with E-state index in [4.69, 9.17) is 9.47 Å². The van der Waals surface area contributed by atoms with Gasteiger partial charge in [0, 0.05) is 49.2 Å².